The number of carbonyl (C=O) groups excluding carboxylic acids is 1. The highest BCUT2D eigenvalue weighted by Gasteiger charge is 2.23. The first-order chi connectivity index (χ1) is 11.9. The highest BCUT2D eigenvalue weighted by molar-refractivity contribution is 7.88. The zero-order valence-electron chi connectivity index (χ0n) is 14.8. The lowest BCUT2D eigenvalue weighted by atomic mass is 10.1. The van der Waals surface area contributed by atoms with Crippen LogP contribution in [0.15, 0.2) is 24.3 Å². The lowest BCUT2D eigenvalue weighted by Crippen LogP contribution is -2.47. The zero-order chi connectivity index (χ0) is 17.9. The van der Waals surface area contributed by atoms with Gasteiger partial charge in [-0.3, -0.25) is 9.69 Å². The van der Waals surface area contributed by atoms with E-state index in [2.05, 4.69) is 10.2 Å². The smallest absolute Gasteiger partial charge is 0.251 e. The Morgan fingerprint density at radius 3 is 2.24 bits per heavy atom. The van der Waals surface area contributed by atoms with Crippen molar-refractivity contribution in [3.63, 3.8) is 0 Å². The van der Waals surface area contributed by atoms with E-state index in [-0.39, 0.29) is 5.91 Å². The predicted molar refractivity (Wildman–Crippen MR) is 97.9 cm³/mol. The molecule has 1 aromatic rings. The Hall–Kier alpha value is -1.44. The molecule has 3 rings (SSSR count). The highest BCUT2D eigenvalue weighted by Crippen LogP contribution is 2.18. The quantitative estimate of drug-likeness (QED) is 0.857. The van der Waals surface area contributed by atoms with Crippen molar-refractivity contribution in [1.29, 1.82) is 0 Å². The van der Waals surface area contributed by atoms with Crippen molar-refractivity contribution < 1.29 is 13.2 Å². The van der Waals surface area contributed by atoms with Gasteiger partial charge in [-0.05, 0) is 30.5 Å². The molecule has 7 heteroatoms. The standard InChI is InChI=1S/C18H27N3O3S/c1-25(23,24)21-12-10-20(11-13-21)14-15-6-8-16(9-7-15)18(22)19-17-4-2-3-5-17/h6-9,17H,2-5,10-14H2,1H3,(H,19,22). The van der Waals surface area contributed by atoms with Gasteiger partial charge in [0.15, 0.2) is 0 Å². The average molecular weight is 365 g/mol. The second kappa shape index (κ2) is 7.85. The molecule has 6 nitrogen and oxygen atoms in total. The minimum atomic E-state index is -3.09. The monoisotopic (exact) mass is 365 g/mol. The number of carbonyl (C=O) groups is 1. The summed E-state index contributed by atoms with van der Waals surface area (Å²) >= 11 is 0. The molecule has 1 aliphatic heterocycles. The van der Waals surface area contributed by atoms with Gasteiger partial charge in [0.2, 0.25) is 10.0 Å². The highest BCUT2D eigenvalue weighted by atomic mass is 32.2. The van der Waals surface area contributed by atoms with Crippen LogP contribution in [0.4, 0.5) is 0 Å². The normalized spacial score (nSPS) is 20.7. The summed E-state index contributed by atoms with van der Waals surface area (Å²) in [6, 6.07) is 8.08. The lowest BCUT2D eigenvalue weighted by Gasteiger charge is -2.33. The first-order valence-corrected chi connectivity index (χ1v) is 10.8. The number of piperazine rings is 1. The fourth-order valence-electron chi connectivity index (χ4n) is 3.58. The second-order valence-electron chi connectivity index (χ2n) is 7.09. The summed E-state index contributed by atoms with van der Waals surface area (Å²) in [7, 11) is -3.09. The van der Waals surface area contributed by atoms with Gasteiger partial charge in [0, 0.05) is 44.3 Å². The van der Waals surface area contributed by atoms with E-state index in [1.165, 1.54) is 23.4 Å². The maximum atomic E-state index is 12.2. The van der Waals surface area contributed by atoms with Crippen LogP contribution in [-0.4, -0.2) is 62.0 Å². The molecule has 0 spiro atoms. The van der Waals surface area contributed by atoms with Crippen molar-refractivity contribution in [2.75, 3.05) is 32.4 Å². The minimum absolute atomic E-state index is 0.0141. The van der Waals surface area contributed by atoms with E-state index in [0.29, 0.717) is 24.7 Å². The summed E-state index contributed by atoms with van der Waals surface area (Å²) in [6.45, 7) is 3.33. The molecule has 0 radical (unpaired) electrons. The fourth-order valence-corrected chi connectivity index (χ4v) is 4.40. The molecule has 25 heavy (non-hydrogen) atoms. The van der Waals surface area contributed by atoms with E-state index in [1.807, 2.05) is 24.3 Å². The Bertz CT molecular complexity index is 689. The second-order valence-corrected chi connectivity index (χ2v) is 9.07. The molecule has 1 saturated carbocycles. The average Bonchev–Trinajstić information content (AvgIpc) is 3.08. The van der Waals surface area contributed by atoms with Crippen molar-refractivity contribution in [3.05, 3.63) is 35.4 Å². The predicted octanol–water partition coefficient (Wildman–Crippen LogP) is 1.44. The molecule has 0 aromatic heterocycles. The Balaban J connectivity index is 1.50. The number of nitrogens with one attached hydrogen (secondary N) is 1. The van der Waals surface area contributed by atoms with Gasteiger partial charge < -0.3 is 5.32 Å². The number of sulfonamides is 1. The van der Waals surface area contributed by atoms with Crippen LogP contribution in [0.1, 0.15) is 41.6 Å². The van der Waals surface area contributed by atoms with E-state index in [1.54, 1.807) is 0 Å². The largest absolute Gasteiger partial charge is 0.349 e. The van der Waals surface area contributed by atoms with Crippen molar-refractivity contribution >= 4 is 15.9 Å². The number of amides is 1. The van der Waals surface area contributed by atoms with Gasteiger partial charge in [-0.2, -0.15) is 4.31 Å². The van der Waals surface area contributed by atoms with Gasteiger partial charge in [-0.25, -0.2) is 8.42 Å². The molecule has 0 bridgehead atoms. The summed E-state index contributed by atoms with van der Waals surface area (Å²) in [6.07, 6.45) is 5.84. The van der Waals surface area contributed by atoms with Gasteiger partial charge in [0.1, 0.15) is 0 Å². The van der Waals surface area contributed by atoms with Crippen molar-refractivity contribution in [2.45, 2.75) is 38.3 Å². The van der Waals surface area contributed by atoms with Crippen LogP contribution in [0.25, 0.3) is 0 Å². The number of nitrogens with zero attached hydrogens (tertiary/aromatic N) is 2. The van der Waals surface area contributed by atoms with E-state index in [0.717, 1.165) is 38.0 Å². The summed E-state index contributed by atoms with van der Waals surface area (Å²) in [5.41, 5.74) is 1.85. The summed E-state index contributed by atoms with van der Waals surface area (Å²) in [4.78, 5) is 14.5. The molecule has 0 unspecified atom stereocenters. The van der Waals surface area contributed by atoms with Gasteiger partial charge in [0.05, 0.1) is 6.26 Å². The maximum Gasteiger partial charge on any atom is 0.251 e. The molecule has 138 valence electrons. The summed E-state index contributed by atoms with van der Waals surface area (Å²) < 4.78 is 24.6. The van der Waals surface area contributed by atoms with Gasteiger partial charge in [-0.15, -0.1) is 0 Å². The van der Waals surface area contributed by atoms with E-state index >= 15 is 0 Å². The molecule has 1 aromatic carbocycles. The first-order valence-electron chi connectivity index (χ1n) is 8.99. The van der Waals surface area contributed by atoms with E-state index < -0.39 is 10.0 Å². The molecule has 1 saturated heterocycles. The third-order valence-electron chi connectivity index (χ3n) is 5.11. The molecule has 2 fully saturated rings. The maximum absolute atomic E-state index is 12.2. The molecular formula is C18H27N3O3S. The Morgan fingerprint density at radius 2 is 1.68 bits per heavy atom. The van der Waals surface area contributed by atoms with Crippen LogP contribution in [0.3, 0.4) is 0 Å². The number of rotatable bonds is 5. The fraction of sp³-hybridized carbons (Fsp3) is 0.611. The minimum Gasteiger partial charge on any atom is -0.349 e. The van der Waals surface area contributed by atoms with Crippen molar-refractivity contribution in [3.8, 4) is 0 Å². The molecule has 1 heterocycles. The third-order valence-corrected chi connectivity index (χ3v) is 6.42. The van der Waals surface area contributed by atoms with Crippen LogP contribution in [-0.2, 0) is 16.6 Å². The Kier molecular flexibility index (Phi) is 5.76. The number of benzene rings is 1. The third kappa shape index (κ3) is 5.03. The van der Waals surface area contributed by atoms with Crippen molar-refractivity contribution in [1.82, 2.24) is 14.5 Å². The molecule has 2 aliphatic rings. The van der Waals surface area contributed by atoms with Crippen LogP contribution in [0.5, 0.6) is 0 Å². The number of hydrogen-bond acceptors (Lipinski definition) is 4. The molecule has 1 N–H and O–H groups in total. The molecule has 0 atom stereocenters. The Labute approximate surface area is 150 Å². The van der Waals surface area contributed by atoms with Gasteiger partial charge >= 0.3 is 0 Å². The summed E-state index contributed by atoms with van der Waals surface area (Å²) in [5.74, 6) is 0.0141. The number of hydrogen-bond donors (Lipinski definition) is 1. The summed E-state index contributed by atoms with van der Waals surface area (Å²) in [5, 5.41) is 3.10. The SMILES string of the molecule is CS(=O)(=O)N1CCN(Cc2ccc(C(=O)NC3CCCC3)cc2)CC1. The lowest BCUT2D eigenvalue weighted by molar-refractivity contribution is 0.0938. The van der Waals surface area contributed by atoms with Crippen molar-refractivity contribution in [2.24, 2.45) is 0 Å². The van der Waals surface area contributed by atoms with Gasteiger partial charge in [0.25, 0.3) is 5.91 Å². The van der Waals surface area contributed by atoms with Crippen LogP contribution >= 0.6 is 0 Å². The zero-order valence-corrected chi connectivity index (χ0v) is 15.6. The topological polar surface area (TPSA) is 69.7 Å². The Morgan fingerprint density at radius 1 is 1.08 bits per heavy atom. The van der Waals surface area contributed by atoms with Gasteiger partial charge in [-0.1, -0.05) is 25.0 Å². The van der Waals surface area contributed by atoms with Crippen LogP contribution in [0, 0.1) is 0 Å². The van der Waals surface area contributed by atoms with Crippen LogP contribution < -0.4 is 5.32 Å². The first kappa shape index (κ1) is 18.4. The molecule has 1 amide bonds. The van der Waals surface area contributed by atoms with E-state index in [4.69, 9.17) is 0 Å². The molecular weight excluding hydrogens is 338 g/mol. The van der Waals surface area contributed by atoms with E-state index in [9.17, 15) is 13.2 Å². The van der Waals surface area contributed by atoms with Crippen LogP contribution in [0.2, 0.25) is 0 Å². The molecule has 1 aliphatic carbocycles.